The van der Waals surface area contributed by atoms with Gasteiger partial charge < -0.3 is 0 Å². The average molecular weight is 491 g/mol. The van der Waals surface area contributed by atoms with Gasteiger partial charge in [-0.2, -0.15) is 0 Å². The molecule has 33 heavy (non-hydrogen) atoms. The Morgan fingerprint density at radius 3 is 1.94 bits per heavy atom. The molecule has 0 fully saturated rings. The van der Waals surface area contributed by atoms with E-state index in [-0.39, 0.29) is 0 Å². The third-order valence-electron chi connectivity index (χ3n) is 6.16. The molecule has 0 atom stereocenters. The van der Waals surface area contributed by atoms with Crippen LogP contribution in [0.2, 0.25) is 17.3 Å². The first kappa shape index (κ1) is 18.3. The Labute approximate surface area is 203 Å². The fourth-order valence-corrected chi connectivity index (χ4v) is 6.69. The van der Waals surface area contributed by atoms with Crippen LogP contribution in [0.4, 0.5) is 0 Å². The van der Waals surface area contributed by atoms with Gasteiger partial charge in [-0.25, -0.2) is 0 Å². The predicted octanol–water partition coefficient (Wildman–Crippen LogP) is 8.09. The zero-order valence-electron chi connectivity index (χ0n) is 22.3. The van der Waals surface area contributed by atoms with Crippen molar-refractivity contribution in [3.05, 3.63) is 109 Å². The van der Waals surface area contributed by atoms with Crippen LogP contribution in [-0.4, -0.2) is 18.3 Å². The van der Waals surface area contributed by atoms with Crippen molar-refractivity contribution in [3.8, 4) is 33.5 Å². The van der Waals surface area contributed by atoms with Gasteiger partial charge in [-0.15, -0.1) is 0 Å². The van der Waals surface area contributed by atoms with Gasteiger partial charge in [0.05, 0.1) is 0 Å². The first-order valence-corrected chi connectivity index (χ1v) is 18.7. The van der Waals surface area contributed by atoms with Crippen LogP contribution in [0, 0.1) is 6.85 Å². The zero-order valence-corrected chi connectivity index (χ0v) is 21.4. The number of benzene rings is 4. The second-order valence-corrected chi connectivity index (χ2v) is 20.2. The van der Waals surface area contributed by atoms with Crippen molar-refractivity contribution in [1.29, 1.82) is 0 Å². The summed E-state index contributed by atoms with van der Waals surface area (Å²) in [6, 6.07) is 34.6. The fraction of sp³-hybridized carbons (Fsp3) is 0.129. The Balaban J connectivity index is 1.76. The maximum atomic E-state index is 8.09. The van der Waals surface area contributed by atoms with Gasteiger partial charge in [-0.1, -0.05) is 6.07 Å². The van der Waals surface area contributed by atoms with E-state index in [0.29, 0.717) is 11.1 Å². The van der Waals surface area contributed by atoms with Gasteiger partial charge in [0, 0.05) is 0 Å². The van der Waals surface area contributed by atoms with E-state index in [4.69, 9.17) is 9.10 Å². The van der Waals surface area contributed by atoms with Crippen molar-refractivity contribution in [1.82, 2.24) is 4.98 Å². The molecule has 0 spiro atoms. The summed E-state index contributed by atoms with van der Waals surface area (Å²) in [6.07, 6.45) is 0. The summed E-state index contributed by atoms with van der Waals surface area (Å²) >= 11 is -2.04. The zero-order chi connectivity index (χ0) is 25.5. The van der Waals surface area contributed by atoms with E-state index in [2.05, 4.69) is 65.8 Å². The Morgan fingerprint density at radius 2 is 1.30 bits per heavy atom. The molecule has 2 heteroatoms. The number of aryl methyl sites for hydroxylation is 1. The van der Waals surface area contributed by atoms with Gasteiger partial charge in [-0.3, -0.25) is 0 Å². The summed E-state index contributed by atoms with van der Waals surface area (Å²) < 4.78 is 25.7. The third kappa shape index (κ3) is 4.38. The SMILES string of the molecule is [2H]C([2H])([2H])c1ccc(-c2cc(-c3ccccc3)c3c[c]([Ge]([CH3])([CH3])[CH3])ccc3n2)cc1-c1ccccc1. The number of rotatable bonds is 4. The maximum absolute atomic E-state index is 8.09. The molecule has 0 aliphatic rings. The second kappa shape index (κ2) is 8.64. The predicted molar refractivity (Wildman–Crippen MR) is 146 cm³/mol. The first-order valence-electron chi connectivity index (χ1n) is 12.8. The van der Waals surface area contributed by atoms with E-state index in [0.717, 1.165) is 38.9 Å². The molecule has 0 N–H and O–H groups in total. The Bertz CT molecular complexity index is 1540. The van der Waals surface area contributed by atoms with E-state index < -0.39 is 20.1 Å². The summed E-state index contributed by atoms with van der Waals surface area (Å²) in [7, 11) is 0. The number of pyridine rings is 1. The minimum atomic E-state index is -2.20. The summed E-state index contributed by atoms with van der Waals surface area (Å²) in [5, 5.41) is 1.16. The normalized spacial score (nSPS) is 13.4. The average Bonchev–Trinajstić information content (AvgIpc) is 2.87. The van der Waals surface area contributed by atoms with E-state index in [1.165, 1.54) is 4.40 Å². The molecule has 0 aliphatic carbocycles. The van der Waals surface area contributed by atoms with Crippen molar-refractivity contribution in [2.24, 2.45) is 0 Å². The molecule has 0 radical (unpaired) electrons. The van der Waals surface area contributed by atoms with Gasteiger partial charge in [0.2, 0.25) is 0 Å². The van der Waals surface area contributed by atoms with E-state index >= 15 is 0 Å². The Hall–Kier alpha value is -3.17. The molecule has 5 aromatic rings. The van der Waals surface area contributed by atoms with Gasteiger partial charge in [-0.05, 0) is 0 Å². The minimum absolute atomic E-state index is 0.350. The molecule has 0 amide bonds. The number of nitrogens with zero attached hydrogens (tertiary/aromatic N) is 1. The van der Waals surface area contributed by atoms with Gasteiger partial charge in [0.1, 0.15) is 0 Å². The fourth-order valence-electron chi connectivity index (χ4n) is 4.26. The quantitative estimate of drug-likeness (QED) is 0.232. The molecule has 0 bridgehead atoms. The van der Waals surface area contributed by atoms with Crippen LogP contribution < -0.4 is 4.40 Å². The van der Waals surface area contributed by atoms with Crippen LogP contribution in [0.5, 0.6) is 0 Å². The van der Waals surface area contributed by atoms with E-state index in [9.17, 15) is 0 Å². The van der Waals surface area contributed by atoms with Crippen LogP contribution >= 0.6 is 0 Å². The Kier molecular flexibility index (Phi) is 4.79. The molecule has 0 aliphatic heterocycles. The van der Waals surface area contributed by atoms with E-state index in [1.54, 1.807) is 6.07 Å². The van der Waals surface area contributed by atoms with Crippen LogP contribution in [-0.2, 0) is 0 Å². The van der Waals surface area contributed by atoms with Crippen molar-refractivity contribution < 1.29 is 4.11 Å². The molecule has 1 heterocycles. The van der Waals surface area contributed by atoms with Gasteiger partial charge >= 0.3 is 198 Å². The van der Waals surface area contributed by atoms with Crippen LogP contribution in [0.25, 0.3) is 44.4 Å². The van der Waals surface area contributed by atoms with Crippen LogP contribution in [0.15, 0.2) is 103 Å². The number of aromatic nitrogens is 1. The van der Waals surface area contributed by atoms with Crippen LogP contribution in [0.1, 0.15) is 9.68 Å². The van der Waals surface area contributed by atoms with Gasteiger partial charge in [0.25, 0.3) is 0 Å². The Morgan fingerprint density at radius 1 is 0.636 bits per heavy atom. The molecule has 1 aromatic heterocycles. The number of hydrogen-bond donors (Lipinski definition) is 0. The third-order valence-corrected chi connectivity index (χ3v) is 10.4. The molecule has 0 saturated carbocycles. The summed E-state index contributed by atoms with van der Waals surface area (Å²) in [6.45, 7) is -2.20. The number of hydrogen-bond acceptors (Lipinski definition) is 1. The topological polar surface area (TPSA) is 12.9 Å². The first-order chi connectivity index (χ1) is 17.1. The molecule has 162 valence electrons. The van der Waals surface area contributed by atoms with Crippen molar-refractivity contribution in [2.45, 2.75) is 24.1 Å². The van der Waals surface area contributed by atoms with Crippen molar-refractivity contribution in [3.63, 3.8) is 0 Å². The van der Waals surface area contributed by atoms with Crippen LogP contribution in [0.3, 0.4) is 0 Å². The summed E-state index contributed by atoms with van der Waals surface area (Å²) in [5.41, 5.74) is 6.92. The summed E-state index contributed by atoms with van der Waals surface area (Å²) in [5.74, 6) is 7.22. The molecule has 5 rings (SSSR count). The molecule has 0 saturated heterocycles. The molecule has 0 unspecified atom stereocenters. The van der Waals surface area contributed by atoms with Crippen molar-refractivity contribution in [2.75, 3.05) is 0 Å². The van der Waals surface area contributed by atoms with Crippen molar-refractivity contribution >= 4 is 28.6 Å². The monoisotopic (exact) mass is 492 g/mol. The van der Waals surface area contributed by atoms with Gasteiger partial charge in [0.15, 0.2) is 0 Å². The molecule has 1 nitrogen and oxygen atoms in total. The molecular weight excluding hydrogens is 459 g/mol. The second-order valence-electron chi connectivity index (χ2n) is 9.53. The standard InChI is InChI=1S/C31H29GeN/c1-22-15-16-25(19-27(22)23-11-7-5-8-12-23)31-21-28(24-13-9-6-10-14-24)29-20-26(32(2,3)4)17-18-30(29)33-31/h5-21H,1-4H3/i1D3. The number of fused-ring (bicyclic) bond motifs is 1. The van der Waals surface area contributed by atoms with E-state index in [1.807, 2.05) is 48.5 Å². The summed E-state index contributed by atoms with van der Waals surface area (Å²) in [4.78, 5) is 5.06. The molecular formula is C31H29GeN. The molecule has 4 aromatic carbocycles.